The van der Waals surface area contributed by atoms with E-state index in [4.69, 9.17) is 4.74 Å². The summed E-state index contributed by atoms with van der Waals surface area (Å²) < 4.78 is 5.14. The maximum atomic E-state index is 12.7. The maximum Gasteiger partial charge on any atom is 0.265 e. The Labute approximate surface area is 145 Å². The van der Waals surface area contributed by atoms with Gasteiger partial charge in [-0.1, -0.05) is 6.92 Å². The lowest BCUT2D eigenvalue weighted by atomic mass is 10.3. The van der Waals surface area contributed by atoms with Crippen molar-refractivity contribution >= 4 is 23.2 Å². The molecule has 0 aromatic carbocycles. The van der Waals surface area contributed by atoms with Crippen molar-refractivity contribution in [3.63, 3.8) is 0 Å². The first kappa shape index (κ1) is 16.6. The highest BCUT2D eigenvalue weighted by atomic mass is 32.1. The second kappa shape index (κ2) is 7.12. The number of hydrogen-bond donors (Lipinski definition) is 0. The molecule has 2 aromatic heterocycles. The minimum Gasteiger partial charge on any atom is -0.481 e. The van der Waals surface area contributed by atoms with E-state index in [1.165, 1.54) is 11.3 Å². The molecule has 0 bridgehead atoms. The van der Waals surface area contributed by atoms with Crippen LogP contribution < -0.4 is 9.64 Å². The standard InChI is InChI=1S/C16H21N5O2S/c1-4-13-18-11(2)14(24-13)15(22)20-7-9-21(10-8-20)16-17-6-5-12(19-16)23-3/h5-6H,4,7-10H2,1-3H3. The van der Waals surface area contributed by atoms with Crippen LogP contribution in [0.15, 0.2) is 12.3 Å². The SMILES string of the molecule is CCc1nc(C)c(C(=O)N2CCN(c3nccc(OC)n3)CC2)s1. The highest BCUT2D eigenvalue weighted by Gasteiger charge is 2.26. The third-order valence-electron chi connectivity index (χ3n) is 4.01. The molecule has 3 heterocycles. The van der Waals surface area contributed by atoms with Gasteiger partial charge in [0.25, 0.3) is 5.91 Å². The second-order valence-electron chi connectivity index (χ2n) is 5.55. The van der Waals surface area contributed by atoms with Crippen molar-refractivity contribution in [2.75, 3.05) is 38.2 Å². The summed E-state index contributed by atoms with van der Waals surface area (Å²) >= 11 is 1.51. The molecule has 0 aliphatic carbocycles. The molecule has 0 saturated carbocycles. The Balaban J connectivity index is 1.65. The van der Waals surface area contributed by atoms with Crippen molar-refractivity contribution in [2.24, 2.45) is 0 Å². The van der Waals surface area contributed by atoms with Crippen LogP contribution in [0.5, 0.6) is 5.88 Å². The van der Waals surface area contributed by atoms with Crippen molar-refractivity contribution in [2.45, 2.75) is 20.3 Å². The summed E-state index contributed by atoms with van der Waals surface area (Å²) in [7, 11) is 1.59. The molecule has 1 amide bonds. The summed E-state index contributed by atoms with van der Waals surface area (Å²) in [6.45, 7) is 6.67. The van der Waals surface area contributed by atoms with Gasteiger partial charge in [0.2, 0.25) is 11.8 Å². The number of thiazole rings is 1. The van der Waals surface area contributed by atoms with Crippen LogP contribution in [-0.2, 0) is 6.42 Å². The molecule has 128 valence electrons. The minimum atomic E-state index is 0.0795. The van der Waals surface area contributed by atoms with Crippen molar-refractivity contribution in [3.8, 4) is 5.88 Å². The average Bonchev–Trinajstić information content (AvgIpc) is 3.02. The van der Waals surface area contributed by atoms with E-state index in [0.29, 0.717) is 38.0 Å². The van der Waals surface area contributed by atoms with E-state index >= 15 is 0 Å². The Kier molecular flexibility index (Phi) is 4.94. The summed E-state index contributed by atoms with van der Waals surface area (Å²) in [5, 5.41) is 1.01. The quantitative estimate of drug-likeness (QED) is 0.839. The lowest BCUT2D eigenvalue weighted by molar-refractivity contribution is 0.0750. The molecule has 1 fully saturated rings. The summed E-state index contributed by atoms with van der Waals surface area (Å²) in [5.74, 6) is 1.27. The van der Waals surface area contributed by atoms with Crippen molar-refractivity contribution in [1.82, 2.24) is 19.9 Å². The van der Waals surface area contributed by atoms with Gasteiger partial charge in [-0.2, -0.15) is 4.98 Å². The maximum absolute atomic E-state index is 12.7. The Morgan fingerprint density at radius 1 is 1.29 bits per heavy atom. The van der Waals surface area contributed by atoms with E-state index in [1.807, 2.05) is 11.8 Å². The van der Waals surface area contributed by atoms with E-state index < -0.39 is 0 Å². The molecule has 0 atom stereocenters. The van der Waals surface area contributed by atoms with Crippen molar-refractivity contribution < 1.29 is 9.53 Å². The molecule has 1 aliphatic rings. The van der Waals surface area contributed by atoms with Crippen molar-refractivity contribution in [1.29, 1.82) is 0 Å². The Hall–Kier alpha value is -2.22. The Morgan fingerprint density at radius 3 is 2.67 bits per heavy atom. The highest BCUT2D eigenvalue weighted by molar-refractivity contribution is 7.13. The van der Waals surface area contributed by atoms with Crippen LogP contribution in [0.1, 0.15) is 27.3 Å². The molecule has 8 heteroatoms. The van der Waals surface area contributed by atoms with Crippen LogP contribution in [0.4, 0.5) is 5.95 Å². The topological polar surface area (TPSA) is 71.5 Å². The predicted octanol–water partition coefficient (Wildman–Crippen LogP) is 1.77. The Morgan fingerprint density at radius 2 is 2.04 bits per heavy atom. The molecule has 7 nitrogen and oxygen atoms in total. The number of carbonyl (C=O) groups is 1. The molecule has 2 aromatic rings. The Bertz CT molecular complexity index is 725. The highest BCUT2D eigenvalue weighted by Crippen LogP contribution is 2.22. The monoisotopic (exact) mass is 347 g/mol. The smallest absolute Gasteiger partial charge is 0.265 e. The third kappa shape index (κ3) is 3.33. The number of methoxy groups -OCH3 is 1. The predicted molar refractivity (Wildman–Crippen MR) is 92.9 cm³/mol. The first-order valence-electron chi connectivity index (χ1n) is 8.00. The molecule has 0 radical (unpaired) electrons. The van der Waals surface area contributed by atoms with Gasteiger partial charge in [0.05, 0.1) is 17.8 Å². The fraction of sp³-hybridized carbons (Fsp3) is 0.500. The van der Waals surface area contributed by atoms with E-state index in [1.54, 1.807) is 19.4 Å². The van der Waals surface area contributed by atoms with Crippen LogP contribution >= 0.6 is 11.3 Å². The first-order valence-corrected chi connectivity index (χ1v) is 8.81. The van der Waals surface area contributed by atoms with Gasteiger partial charge >= 0.3 is 0 Å². The number of rotatable bonds is 4. The fourth-order valence-electron chi connectivity index (χ4n) is 2.65. The molecule has 0 spiro atoms. The van der Waals surface area contributed by atoms with Crippen LogP contribution in [0.3, 0.4) is 0 Å². The lowest BCUT2D eigenvalue weighted by Crippen LogP contribution is -2.49. The molecule has 0 N–H and O–H groups in total. The van der Waals surface area contributed by atoms with Crippen molar-refractivity contribution in [3.05, 3.63) is 27.8 Å². The van der Waals surface area contributed by atoms with Gasteiger partial charge in [0, 0.05) is 38.4 Å². The number of amides is 1. The molecule has 1 aliphatic heterocycles. The van der Waals surface area contributed by atoms with E-state index in [9.17, 15) is 4.79 Å². The zero-order valence-corrected chi connectivity index (χ0v) is 15.0. The van der Waals surface area contributed by atoms with Crippen LogP contribution in [0, 0.1) is 6.92 Å². The van der Waals surface area contributed by atoms with Gasteiger partial charge in [-0.25, -0.2) is 9.97 Å². The average molecular weight is 347 g/mol. The van der Waals surface area contributed by atoms with E-state index in [2.05, 4.69) is 26.8 Å². The number of ether oxygens (including phenoxy) is 1. The number of aromatic nitrogens is 3. The second-order valence-corrected chi connectivity index (χ2v) is 6.64. The lowest BCUT2D eigenvalue weighted by Gasteiger charge is -2.34. The van der Waals surface area contributed by atoms with E-state index in [0.717, 1.165) is 22.0 Å². The van der Waals surface area contributed by atoms with Crippen LogP contribution in [0.2, 0.25) is 0 Å². The van der Waals surface area contributed by atoms with E-state index in [-0.39, 0.29) is 5.91 Å². The number of piperazine rings is 1. The normalized spacial score (nSPS) is 14.8. The van der Waals surface area contributed by atoms with Gasteiger partial charge in [-0.15, -0.1) is 11.3 Å². The zero-order valence-electron chi connectivity index (χ0n) is 14.2. The number of carbonyl (C=O) groups excluding carboxylic acids is 1. The number of hydrogen-bond acceptors (Lipinski definition) is 7. The molecular formula is C16H21N5O2S. The summed E-state index contributed by atoms with van der Waals surface area (Å²) in [6, 6.07) is 1.72. The fourth-order valence-corrected chi connectivity index (χ4v) is 3.63. The molecule has 0 unspecified atom stereocenters. The van der Waals surface area contributed by atoms with Crippen LogP contribution in [0.25, 0.3) is 0 Å². The van der Waals surface area contributed by atoms with Gasteiger partial charge in [-0.3, -0.25) is 4.79 Å². The zero-order chi connectivity index (χ0) is 17.1. The third-order valence-corrected chi connectivity index (χ3v) is 5.30. The van der Waals surface area contributed by atoms with Crippen LogP contribution in [-0.4, -0.2) is 59.0 Å². The minimum absolute atomic E-state index is 0.0795. The summed E-state index contributed by atoms with van der Waals surface area (Å²) in [4.78, 5) is 30.5. The summed E-state index contributed by atoms with van der Waals surface area (Å²) in [6.07, 6.45) is 2.55. The number of anilines is 1. The van der Waals surface area contributed by atoms with Gasteiger partial charge < -0.3 is 14.5 Å². The number of aryl methyl sites for hydroxylation is 2. The van der Waals surface area contributed by atoms with Gasteiger partial charge in [0.15, 0.2) is 0 Å². The number of nitrogens with zero attached hydrogens (tertiary/aromatic N) is 5. The molecule has 24 heavy (non-hydrogen) atoms. The molecule has 1 saturated heterocycles. The first-order chi connectivity index (χ1) is 11.6. The van der Waals surface area contributed by atoms with Gasteiger partial charge in [0.1, 0.15) is 4.88 Å². The largest absolute Gasteiger partial charge is 0.481 e. The molecular weight excluding hydrogens is 326 g/mol. The van der Waals surface area contributed by atoms with Gasteiger partial charge in [-0.05, 0) is 13.3 Å². The summed E-state index contributed by atoms with van der Waals surface area (Å²) in [5.41, 5.74) is 0.834. The molecule has 3 rings (SSSR count).